The second kappa shape index (κ2) is 7.36. The van der Waals surface area contributed by atoms with E-state index in [9.17, 15) is 22.8 Å². The zero-order chi connectivity index (χ0) is 19.6. The fraction of sp³-hybridized carbons (Fsp3) is 0.312. The van der Waals surface area contributed by atoms with E-state index in [1.54, 1.807) is 0 Å². The van der Waals surface area contributed by atoms with E-state index in [0.717, 1.165) is 6.20 Å². The Morgan fingerprint density at radius 2 is 1.81 bits per heavy atom. The normalized spacial score (nSPS) is 13.9. The number of nitrogens with one attached hydrogen (secondary N) is 1. The first-order valence-electron chi connectivity index (χ1n) is 7.47. The molecule has 2 atom stereocenters. The monoisotopic (exact) mass is 389 g/mol. The lowest BCUT2D eigenvalue weighted by molar-refractivity contribution is -0.143. The maximum absolute atomic E-state index is 13.5. The van der Waals surface area contributed by atoms with Crippen LogP contribution in [0.5, 0.6) is 0 Å². The maximum atomic E-state index is 13.5. The minimum Gasteiger partial charge on any atom is -0.481 e. The summed E-state index contributed by atoms with van der Waals surface area (Å²) in [5.41, 5.74) is -1.88. The predicted octanol–water partition coefficient (Wildman–Crippen LogP) is 3.38. The van der Waals surface area contributed by atoms with Crippen molar-refractivity contribution in [2.75, 3.05) is 0 Å². The summed E-state index contributed by atoms with van der Waals surface area (Å²) in [7, 11) is 0. The Bertz CT molecular complexity index is 818. The number of halogens is 4. The highest BCUT2D eigenvalue weighted by Gasteiger charge is 2.41. The largest absolute Gasteiger partial charge is 0.481 e. The van der Waals surface area contributed by atoms with Gasteiger partial charge in [-0.3, -0.25) is 9.59 Å². The summed E-state index contributed by atoms with van der Waals surface area (Å²) in [6, 6.07) is 4.59. The third-order valence-electron chi connectivity index (χ3n) is 3.85. The molecular weight excluding hydrogens is 375 g/mol. The molecule has 2 aromatic rings. The van der Waals surface area contributed by atoms with Crippen LogP contribution in [0.4, 0.5) is 13.2 Å². The molecule has 140 valence electrons. The van der Waals surface area contributed by atoms with Gasteiger partial charge in [-0.1, -0.05) is 11.6 Å². The van der Waals surface area contributed by atoms with Crippen LogP contribution < -0.4 is 5.32 Å². The quantitative estimate of drug-likeness (QED) is 0.821. The fourth-order valence-corrected chi connectivity index (χ4v) is 2.31. The molecule has 0 saturated carbocycles. The minimum atomic E-state index is -4.86. The van der Waals surface area contributed by atoms with Crippen LogP contribution in [0, 0.1) is 5.92 Å². The van der Waals surface area contributed by atoms with Gasteiger partial charge in [-0.25, -0.2) is 4.68 Å². The Morgan fingerprint density at radius 1 is 1.23 bits per heavy atom. The van der Waals surface area contributed by atoms with E-state index in [1.165, 1.54) is 38.1 Å². The summed E-state index contributed by atoms with van der Waals surface area (Å²) >= 11 is 5.73. The highest BCUT2D eigenvalue weighted by atomic mass is 35.5. The fourth-order valence-electron chi connectivity index (χ4n) is 2.19. The van der Waals surface area contributed by atoms with Crippen LogP contribution in [0.3, 0.4) is 0 Å². The summed E-state index contributed by atoms with van der Waals surface area (Å²) in [6.07, 6.45) is -4.06. The second-order valence-electron chi connectivity index (χ2n) is 5.68. The number of alkyl halides is 3. The molecule has 0 fully saturated rings. The summed E-state index contributed by atoms with van der Waals surface area (Å²) < 4.78 is 41.2. The van der Waals surface area contributed by atoms with Gasteiger partial charge in [0.15, 0.2) is 5.69 Å². The number of carboxylic acids is 1. The van der Waals surface area contributed by atoms with Gasteiger partial charge in [-0.2, -0.15) is 18.3 Å². The van der Waals surface area contributed by atoms with E-state index in [0.29, 0.717) is 9.70 Å². The number of rotatable bonds is 5. The number of nitrogens with zero attached hydrogens (tertiary/aromatic N) is 2. The van der Waals surface area contributed by atoms with E-state index >= 15 is 0 Å². The molecule has 6 nitrogen and oxygen atoms in total. The number of benzene rings is 1. The van der Waals surface area contributed by atoms with Crippen LogP contribution in [0.2, 0.25) is 5.02 Å². The zero-order valence-corrected chi connectivity index (χ0v) is 14.5. The lowest BCUT2D eigenvalue weighted by atomic mass is 10.0. The molecule has 0 aliphatic heterocycles. The second-order valence-corrected chi connectivity index (χ2v) is 6.12. The summed E-state index contributed by atoms with van der Waals surface area (Å²) in [5.74, 6) is -3.21. The molecule has 10 heteroatoms. The van der Waals surface area contributed by atoms with E-state index < -0.39 is 41.3 Å². The first-order chi connectivity index (χ1) is 12.0. The summed E-state index contributed by atoms with van der Waals surface area (Å²) in [5, 5.41) is 15.2. The molecule has 0 radical (unpaired) electrons. The summed E-state index contributed by atoms with van der Waals surface area (Å²) in [6.45, 7) is 2.74. The first kappa shape index (κ1) is 19.8. The van der Waals surface area contributed by atoms with Gasteiger partial charge < -0.3 is 10.4 Å². The standard InChI is InChI=1S/C16H15ClF3N3O3/c1-8(15(25)26)9(2)22-14(24)12-7-21-23(13(12)16(18,19)20)11-5-3-10(17)4-6-11/h3-9H,1-2H3,(H,22,24)(H,25,26). The lowest BCUT2D eigenvalue weighted by Crippen LogP contribution is -2.40. The van der Waals surface area contributed by atoms with Crippen molar-refractivity contribution in [3.8, 4) is 5.69 Å². The molecule has 0 aliphatic carbocycles. The molecule has 2 unspecified atom stereocenters. The number of carbonyl (C=O) groups excluding carboxylic acids is 1. The Balaban J connectivity index is 2.42. The Hall–Kier alpha value is -2.55. The van der Waals surface area contributed by atoms with E-state index in [1.807, 2.05) is 0 Å². The van der Waals surface area contributed by atoms with E-state index in [2.05, 4.69) is 10.4 Å². The highest BCUT2D eigenvalue weighted by molar-refractivity contribution is 6.30. The van der Waals surface area contributed by atoms with Crippen molar-refractivity contribution in [2.45, 2.75) is 26.1 Å². The van der Waals surface area contributed by atoms with Gasteiger partial charge in [-0.15, -0.1) is 0 Å². The number of hydrogen-bond acceptors (Lipinski definition) is 3. The van der Waals surface area contributed by atoms with Crippen LogP contribution in [0.25, 0.3) is 5.69 Å². The van der Waals surface area contributed by atoms with Gasteiger partial charge >= 0.3 is 12.1 Å². The van der Waals surface area contributed by atoms with Crippen molar-refractivity contribution in [1.82, 2.24) is 15.1 Å². The molecule has 1 amide bonds. The molecule has 0 aliphatic rings. The first-order valence-corrected chi connectivity index (χ1v) is 7.85. The Kier molecular flexibility index (Phi) is 5.60. The van der Waals surface area contributed by atoms with Crippen LogP contribution in [-0.4, -0.2) is 32.8 Å². The molecule has 2 rings (SSSR count). The van der Waals surface area contributed by atoms with Crippen molar-refractivity contribution in [2.24, 2.45) is 5.92 Å². The molecular formula is C16H15ClF3N3O3. The van der Waals surface area contributed by atoms with Crippen molar-refractivity contribution in [3.05, 3.63) is 46.7 Å². The van der Waals surface area contributed by atoms with Gasteiger partial charge in [0.05, 0.1) is 23.4 Å². The topological polar surface area (TPSA) is 84.2 Å². The number of hydrogen-bond donors (Lipinski definition) is 2. The Morgan fingerprint density at radius 3 is 2.31 bits per heavy atom. The summed E-state index contributed by atoms with van der Waals surface area (Å²) in [4.78, 5) is 23.2. The maximum Gasteiger partial charge on any atom is 0.434 e. The smallest absolute Gasteiger partial charge is 0.434 e. The van der Waals surface area contributed by atoms with Gasteiger partial charge in [-0.05, 0) is 38.1 Å². The highest BCUT2D eigenvalue weighted by Crippen LogP contribution is 2.34. The molecule has 1 aromatic carbocycles. The van der Waals surface area contributed by atoms with Crippen LogP contribution in [0.1, 0.15) is 29.9 Å². The van der Waals surface area contributed by atoms with Gasteiger partial charge in [0.2, 0.25) is 0 Å². The number of carbonyl (C=O) groups is 2. The lowest BCUT2D eigenvalue weighted by Gasteiger charge is -2.18. The van der Waals surface area contributed by atoms with Crippen LogP contribution in [0.15, 0.2) is 30.5 Å². The van der Waals surface area contributed by atoms with Gasteiger partial charge in [0.1, 0.15) is 0 Å². The average molecular weight is 390 g/mol. The molecule has 2 N–H and O–H groups in total. The van der Waals surface area contributed by atoms with Gasteiger partial charge in [0, 0.05) is 11.1 Å². The minimum absolute atomic E-state index is 0.0766. The Labute approximate surface area is 151 Å². The number of aromatic nitrogens is 2. The van der Waals surface area contributed by atoms with E-state index in [-0.39, 0.29) is 5.69 Å². The molecule has 1 heterocycles. The van der Waals surface area contributed by atoms with Crippen LogP contribution in [-0.2, 0) is 11.0 Å². The molecule has 26 heavy (non-hydrogen) atoms. The molecule has 0 saturated heterocycles. The molecule has 1 aromatic heterocycles. The zero-order valence-electron chi connectivity index (χ0n) is 13.7. The van der Waals surface area contributed by atoms with Crippen molar-refractivity contribution >= 4 is 23.5 Å². The number of amides is 1. The number of aliphatic carboxylic acids is 1. The van der Waals surface area contributed by atoms with E-state index in [4.69, 9.17) is 16.7 Å². The van der Waals surface area contributed by atoms with Gasteiger partial charge in [0.25, 0.3) is 5.91 Å². The van der Waals surface area contributed by atoms with Crippen molar-refractivity contribution in [3.63, 3.8) is 0 Å². The third-order valence-corrected chi connectivity index (χ3v) is 4.10. The van der Waals surface area contributed by atoms with Crippen LogP contribution >= 0.6 is 11.6 Å². The SMILES string of the molecule is CC(NC(=O)c1cnn(-c2ccc(Cl)cc2)c1C(F)(F)F)C(C)C(=O)O. The molecule has 0 bridgehead atoms. The number of carboxylic acid groups (broad SMARTS) is 1. The average Bonchev–Trinajstić information content (AvgIpc) is 3.00. The third kappa shape index (κ3) is 4.16. The van der Waals surface area contributed by atoms with Crippen molar-refractivity contribution < 1.29 is 27.9 Å². The van der Waals surface area contributed by atoms with Crippen molar-refractivity contribution in [1.29, 1.82) is 0 Å². The molecule has 0 spiro atoms. The predicted molar refractivity (Wildman–Crippen MR) is 87.3 cm³/mol.